The van der Waals surface area contributed by atoms with Gasteiger partial charge < -0.3 is 10.1 Å². The van der Waals surface area contributed by atoms with Crippen LogP contribution in [0.4, 0.5) is 5.13 Å². The van der Waals surface area contributed by atoms with E-state index in [4.69, 9.17) is 4.74 Å². The van der Waals surface area contributed by atoms with E-state index >= 15 is 0 Å². The molecule has 1 aromatic heterocycles. The summed E-state index contributed by atoms with van der Waals surface area (Å²) < 4.78 is 6.53. The highest BCUT2D eigenvalue weighted by molar-refractivity contribution is 7.99. The first kappa shape index (κ1) is 18.7. The van der Waals surface area contributed by atoms with Crippen molar-refractivity contribution in [3.05, 3.63) is 54.1 Å². The van der Waals surface area contributed by atoms with Crippen LogP contribution in [0.25, 0.3) is 10.2 Å². The zero-order valence-electron chi connectivity index (χ0n) is 14.9. The zero-order chi connectivity index (χ0) is 18.4. The molecule has 3 rings (SSSR count). The summed E-state index contributed by atoms with van der Waals surface area (Å²) >= 11 is 3.14. The average molecular weight is 387 g/mol. The zero-order valence-corrected chi connectivity index (χ0v) is 16.5. The Kier molecular flexibility index (Phi) is 6.52. The van der Waals surface area contributed by atoms with E-state index in [9.17, 15) is 4.79 Å². The Bertz CT molecular complexity index is 865. The predicted octanol–water partition coefficient (Wildman–Crippen LogP) is 5.35. The van der Waals surface area contributed by atoms with Crippen molar-refractivity contribution in [3.63, 3.8) is 0 Å². The van der Waals surface area contributed by atoms with E-state index < -0.39 is 0 Å². The summed E-state index contributed by atoms with van der Waals surface area (Å²) in [6, 6.07) is 16.0. The number of aromatic nitrogens is 1. The second-order valence-corrected chi connectivity index (χ2v) is 7.99. The van der Waals surface area contributed by atoms with Gasteiger partial charge in [0, 0.05) is 5.75 Å². The topological polar surface area (TPSA) is 51.2 Å². The molecule has 0 saturated heterocycles. The summed E-state index contributed by atoms with van der Waals surface area (Å²) in [5.41, 5.74) is 2.10. The van der Waals surface area contributed by atoms with Gasteiger partial charge in [-0.2, -0.15) is 0 Å². The van der Waals surface area contributed by atoms with E-state index in [1.54, 1.807) is 11.8 Å². The Morgan fingerprint density at radius 1 is 1.23 bits per heavy atom. The Labute approximate surface area is 162 Å². The van der Waals surface area contributed by atoms with Crippen LogP contribution in [0.2, 0.25) is 0 Å². The molecule has 6 heteroatoms. The maximum atomic E-state index is 12.6. The fourth-order valence-corrected chi connectivity index (χ4v) is 4.48. The molecule has 26 heavy (non-hydrogen) atoms. The van der Waals surface area contributed by atoms with Crippen molar-refractivity contribution in [1.29, 1.82) is 0 Å². The SMILES string of the molecule is CCOc1ccc2nc(NC(=O)C(CC)SCc3ccccc3)sc2c1. The van der Waals surface area contributed by atoms with Crippen LogP contribution in [0.3, 0.4) is 0 Å². The number of hydrogen-bond acceptors (Lipinski definition) is 5. The molecule has 1 unspecified atom stereocenters. The largest absolute Gasteiger partial charge is 0.494 e. The van der Waals surface area contributed by atoms with Crippen LogP contribution in [-0.2, 0) is 10.5 Å². The van der Waals surface area contributed by atoms with E-state index in [0.717, 1.165) is 28.1 Å². The lowest BCUT2D eigenvalue weighted by atomic mass is 10.2. The number of nitrogens with one attached hydrogen (secondary N) is 1. The van der Waals surface area contributed by atoms with Crippen LogP contribution in [0, 0.1) is 0 Å². The highest BCUT2D eigenvalue weighted by Crippen LogP contribution is 2.30. The van der Waals surface area contributed by atoms with Gasteiger partial charge in [0.2, 0.25) is 5.91 Å². The first-order valence-corrected chi connectivity index (χ1v) is 10.6. The normalized spacial score (nSPS) is 12.1. The first-order valence-electron chi connectivity index (χ1n) is 8.69. The lowest BCUT2D eigenvalue weighted by Gasteiger charge is -2.13. The third-order valence-electron chi connectivity index (χ3n) is 3.86. The maximum absolute atomic E-state index is 12.6. The third-order valence-corrected chi connectivity index (χ3v) is 6.24. The molecule has 2 aromatic carbocycles. The molecule has 0 aliphatic carbocycles. The van der Waals surface area contributed by atoms with Crippen LogP contribution < -0.4 is 10.1 Å². The number of benzene rings is 2. The van der Waals surface area contributed by atoms with Crippen LogP contribution in [0.1, 0.15) is 25.8 Å². The molecule has 1 amide bonds. The monoisotopic (exact) mass is 386 g/mol. The first-order chi connectivity index (χ1) is 12.7. The van der Waals surface area contributed by atoms with E-state index in [0.29, 0.717) is 11.7 Å². The van der Waals surface area contributed by atoms with Crippen LogP contribution in [0.15, 0.2) is 48.5 Å². The molecular weight excluding hydrogens is 364 g/mol. The van der Waals surface area contributed by atoms with Gasteiger partial charge in [0.1, 0.15) is 5.75 Å². The van der Waals surface area contributed by atoms with Crippen molar-refractivity contribution in [2.45, 2.75) is 31.3 Å². The number of ether oxygens (including phenoxy) is 1. The Morgan fingerprint density at radius 2 is 2.04 bits per heavy atom. The van der Waals surface area contributed by atoms with Crippen LogP contribution >= 0.6 is 23.1 Å². The number of thiazole rings is 1. The molecule has 0 saturated carbocycles. The van der Waals surface area contributed by atoms with Gasteiger partial charge in [0.15, 0.2) is 5.13 Å². The van der Waals surface area contributed by atoms with Gasteiger partial charge in [-0.25, -0.2) is 4.98 Å². The number of hydrogen-bond donors (Lipinski definition) is 1. The maximum Gasteiger partial charge on any atom is 0.239 e. The summed E-state index contributed by atoms with van der Waals surface area (Å²) in [5, 5.41) is 3.52. The third kappa shape index (κ3) is 4.77. The molecule has 1 atom stereocenters. The molecule has 136 valence electrons. The molecule has 1 N–H and O–H groups in total. The summed E-state index contributed by atoms with van der Waals surface area (Å²) in [6.07, 6.45) is 0.780. The van der Waals surface area contributed by atoms with Crippen LogP contribution in [-0.4, -0.2) is 22.7 Å². The van der Waals surface area contributed by atoms with Gasteiger partial charge in [-0.15, -0.1) is 11.8 Å². The summed E-state index contributed by atoms with van der Waals surface area (Å²) in [5.74, 6) is 1.66. The van der Waals surface area contributed by atoms with E-state index in [-0.39, 0.29) is 11.2 Å². The summed E-state index contributed by atoms with van der Waals surface area (Å²) in [6.45, 7) is 4.63. The molecule has 1 heterocycles. The number of nitrogens with zero attached hydrogens (tertiary/aromatic N) is 1. The number of fused-ring (bicyclic) bond motifs is 1. The minimum absolute atomic E-state index is 0.0116. The number of amides is 1. The minimum atomic E-state index is -0.0961. The number of anilines is 1. The fourth-order valence-electron chi connectivity index (χ4n) is 2.55. The highest BCUT2D eigenvalue weighted by atomic mass is 32.2. The smallest absolute Gasteiger partial charge is 0.239 e. The number of carbonyl (C=O) groups is 1. The Balaban J connectivity index is 1.64. The van der Waals surface area contributed by atoms with Crippen molar-refractivity contribution in [1.82, 2.24) is 4.98 Å². The molecule has 0 spiro atoms. The minimum Gasteiger partial charge on any atom is -0.494 e. The van der Waals surface area contributed by atoms with Crippen molar-refractivity contribution >= 4 is 44.4 Å². The van der Waals surface area contributed by atoms with Crippen molar-refractivity contribution in [3.8, 4) is 5.75 Å². The van der Waals surface area contributed by atoms with Gasteiger partial charge in [-0.05, 0) is 37.1 Å². The summed E-state index contributed by atoms with van der Waals surface area (Å²) in [7, 11) is 0. The number of rotatable bonds is 8. The quantitative estimate of drug-likeness (QED) is 0.567. The predicted molar refractivity (Wildman–Crippen MR) is 111 cm³/mol. The van der Waals surface area contributed by atoms with Gasteiger partial charge in [0.05, 0.1) is 22.1 Å². The van der Waals surface area contributed by atoms with Crippen molar-refractivity contribution in [2.75, 3.05) is 11.9 Å². The Morgan fingerprint density at radius 3 is 2.77 bits per heavy atom. The number of carbonyl (C=O) groups excluding carboxylic acids is 1. The molecule has 0 aliphatic rings. The van der Waals surface area contributed by atoms with Gasteiger partial charge in [-0.3, -0.25) is 4.79 Å². The molecule has 0 fully saturated rings. The van der Waals surface area contributed by atoms with E-state index in [1.165, 1.54) is 16.9 Å². The van der Waals surface area contributed by atoms with Gasteiger partial charge in [-0.1, -0.05) is 48.6 Å². The molecular formula is C20H22N2O2S2. The lowest BCUT2D eigenvalue weighted by molar-refractivity contribution is -0.115. The number of thioether (sulfide) groups is 1. The van der Waals surface area contributed by atoms with Crippen LogP contribution in [0.5, 0.6) is 5.75 Å². The van der Waals surface area contributed by atoms with Gasteiger partial charge in [0.25, 0.3) is 0 Å². The Hall–Kier alpha value is -2.05. The van der Waals surface area contributed by atoms with Crippen molar-refractivity contribution in [2.24, 2.45) is 0 Å². The molecule has 3 aromatic rings. The second kappa shape index (κ2) is 9.05. The van der Waals surface area contributed by atoms with Gasteiger partial charge >= 0.3 is 0 Å². The van der Waals surface area contributed by atoms with Crippen molar-refractivity contribution < 1.29 is 9.53 Å². The molecule has 0 radical (unpaired) electrons. The van der Waals surface area contributed by atoms with E-state index in [1.807, 2.05) is 50.2 Å². The average Bonchev–Trinajstić information content (AvgIpc) is 3.05. The second-order valence-electron chi connectivity index (χ2n) is 5.76. The molecule has 0 bridgehead atoms. The van der Waals surface area contributed by atoms with E-state index in [2.05, 4.69) is 22.4 Å². The molecule has 4 nitrogen and oxygen atoms in total. The summed E-state index contributed by atoms with van der Waals surface area (Å²) in [4.78, 5) is 17.1. The lowest BCUT2D eigenvalue weighted by Crippen LogP contribution is -2.24. The highest BCUT2D eigenvalue weighted by Gasteiger charge is 2.18. The molecule has 0 aliphatic heterocycles. The fraction of sp³-hybridized carbons (Fsp3) is 0.300. The standard InChI is InChI=1S/C20H22N2O2S2/c1-3-17(25-13-14-8-6-5-7-9-14)19(23)22-20-21-16-11-10-15(24-4-2)12-18(16)26-20/h5-12,17H,3-4,13H2,1-2H3,(H,21,22,23).